The molecule has 0 unspecified atom stereocenters. The topological polar surface area (TPSA) is 64.4 Å². The van der Waals surface area contributed by atoms with Gasteiger partial charge in [0.25, 0.3) is 0 Å². The average Bonchev–Trinajstić information content (AvgIpc) is 3.14. The molecule has 31 heavy (non-hydrogen) atoms. The molecule has 4 rings (SSSR count). The molecule has 1 aromatic heterocycles. The van der Waals surface area contributed by atoms with Crippen LogP contribution in [0.15, 0.2) is 52.9 Å². The number of amides is 1. The van der Waals surface area contributed by atoms with E-state index in [0.717, 1.165) is 24.0 Å². The smallest absolute Gasteiger partial charge is 0.226 e. The fourth-order valence-corrected chi connectivity index (χ4v) is 4.61. The first-order chi connectivity index (χ1) is 15.0. The van der Waals surface area contributed by atoms with Gasteiger partial charge in [0, 0.05) is 40.8 Å². The van der Waals surface area contributed by atoms with Crippen molar-refractivity contribution in [3.05, 3.63) is 75.6 Å². The number of aryl methyl sites for hydroxylation is 1. The summed E-state index contributed by atoms with van der Waals surface area (Å²) in [6.45, 7) is 3.55. The van der Waals surface area contributed by atoms with Crippen LogP contribution in [-0.2, 0) is 21.4 Å². The number of benzene rings is 2. The van der Waals surface area contributed by atoms with Gasteiger partial charge in [0.05, 0.1) is 12.1 Å². The Morgan fingerprint density at radius 3 is 2.58 bits per heavy atom. The van der Waals surface area contributed by atoms with Crippen LogP contribution in [0, 0.1) is 6.92 Å². The molecule has 1 amide bonds. The van der Waals surface area contributed by atoms with Gasteiger partial charge >= 0.3 is 0 Å². The summed E-state index contributed by atoms with van der Waals surface area (Å²) < 4.78 is 11.3. The quantitative estimate of drug-likeness (QED) is 0.539. The molecule has 2 aromatic carbocycles. The highest BCUT2D eigenvalue weighted by Crippen LogP contribution is 2.39. The van der Waals surface area contributed by atoms with Crippen LogP contribution >= 0.6 is 23.2 Å². The predicted molar refractivity (Wildman–Crippen MR) is 122 cm³/mol. The third-order valence-electron chi connectivity index (χ3n) is 5.82. The zero-order valence-electron chi connectivity index (χ0n) is 17.3. The zero-order valence-corrected chi connectivity index (χ0v) is 18.8. The number of halogens is 2. The van der Waals surface area contributed by atoms with E-state index in [2.05, 4.69) is 10.3 Å². The summed E-state index contributed by atoms with van der Waals surface area (Å²) in [4.78, 5) is 17.3. The second-order valence-corrected chi connectivity index (χ2v) is 8.70. The summed E-state index contributed by atoms with van der Waals surface area (Å²) in [5, 5.41) is 4.30. The lowest BCUT2D eigenvalue weighted by Gasteiger charge is -2.38. The number of nitrogens with one attached hydrogen (secondary N) is 1. The van der Waals surface area contributed by atoms with Gasteiger partial charge in [0.15, 0.2) is 0 Å². The van der Waals surface area contributed by atoms with Crippen molar-refractivity contribution in [2.24, 2.45) is 0 Å². The summed E-state index contributed by atoms with van der Waals surface area (Å²) >= 11 is 12.6. The maximum Gasteiger partial charge on any atom is 0.226 e. The molecule has 0 aliphatic carbocycles. The zero-order chi connectivity index (χ0) is 21.8. The Labute approximate surface area is 191 Å². The molecule has 1 saturated heterocycles. The van der Waals surface area contributed by atoms with Crippen molar-refractivity contribution in [2.45, 2.75) is 31.6 Å². The Morgan fingerprint density at radius 1 is 1.13 bits per heavy atom. The Morgan fingerprint density at radius 2 is 1.87 bits per heavy atom. The van der Waals surface area contributed by atoms with Gasteiger partial charge in [-0.2, -0.15) is 0 Å². The van der Waals surface area contributed by atoms with E-state index < -0.39 is 0 Å². The molecule has 3 aromatic rings. The monoisotopic (exact) mass is 458 g/mol. The van der Waals surface area contributed by atoms with E-state index in [1.54, 1.807) is 6.07 Å². The molecule has 1 fully saturated rings. The van der Waals surface area contributed by atoms with Gasteiger partial charge in [0.2, 0.25) is 11.8 Å². The molecule has 0 bridgehead atoms. The van der Waals surface area contributed by atoms with Crippen molar-refractivity contribution in [1.29, 1.82) is 0 Å². The molecule has 5 nitrogen and oxygen atoms in total. The van der Waals surface area contributed by atoms with Gasteiger partial charge < -0.3 is 14.5 Å². The Hall–Kier alpha value is -2.34. The Bertz CT molecular complexity index is 1060. The van der Waals surface area contributed by atoms with E-state index in [0.29, 0.717) is 47.1 Å². The number of carbonyl (C=O) groups is 1. The van der Waals surface area contributed by atoms with Crippen molar-refractivity contribution >= 4 is 29.1 Å². The molecular formula is C24H24Cl2N2O3. The van der Waals surface area contributed by atoms with E-state index in [9.17, 15) is 4.79 Å². The van der Waals surface area contributed by atoms with Crippen molar-refractivity contribution in [1.82, 2.24) is 10.3 Å². The summed E-state index contributed by atoms with van der Waals surface area (Å²) in [6.07, 6.45) is 1.70. The molecule has 1 aliphatic heterocycles. The number of carbonyl (C=O) groups excluding carboxylic acids is 1. The van der Waals surface area contributed by atoms with Gasteiger partial charge in [-0.3, -0.25) is 4.79 Å². The molecular weight excluding hydrogens is 435 g/mol. The molecule has 0 saturated carbocycles. The SMILES string of the molecule is Cc1oc(-c2ccccc2)nc1CC(=O)NCC1(c2ccc(Cl)cc2Cl)CCOCC1. The summed E-state index contributed by atoms with van der Waals surface area (Å²) in [6, 6.07) is 15.2. The van der Waals surface area contributed by atoms with E-state index in [1.807, 2.05) is 49.4 Å². The molecule has 7 heteroatoms. The van der Waals surface area contributed by atoms with Crippen LogP contribution in [0.3, 0.4) is 0 Å². The fraction of sp³-hybridized carbons (Fsp3) is 0.333. The number of ether oxygens (including phenoxy) is 1. The summed E-state index contributed by atoms with van der Waals surface area (Å²) in [5.74, 6) is 1.07. The molecule has 162 valence electrons. The number of hydrogen-bond donors (Lipinski definition) is 1. The maximum absolute atomic E-state index is 12.8. The first-order valence-corrected chi connectivity index (χ1v) is 11.0. The maximum atomic E-state index is 12.8. The van der Waals surface area contributed by atoms with Gasteiger partial charge in [0.1, 0.15) is 5.76 Å². The number of hydrogen-bond acceptors (Lipinski definition) is 4. The molecule has 0 radical (unpaired) electrons. The number of nitrogens with zero attached hydrogens (tertiary/aromatic N) is 1. The lowest BCUT2D eigenvalue weighted by Crippen LogP contribution is -2.45. The van der Waals surface area contributed by atoms with Crippen LogP contribution in [-0.4, -0.2) is 30.6 Å². The van der Waals surface area contributed by atoms with Crippen LogP contribution in [0.4, 0.5) is 0 Å². The first-order valence-electron chi connectivity index (χ1n) is 10.3. The minimum Gasteiger partial charge on any atom is -0.441 e. The standard InChI is InChI=1S/C24H24Cl2N2O3/c1-16-21(28-23(31-16)17-5-3-2-4-6-17)14-22(29)27-15-24(9-11-30-12-10-24)19-8-7-18(25)13-20(19)26/h2-8,13H,9-12,14-15H2,1H3,(H,27,29). The Kier molecular flexibility index (Phi) is 6.65. The lowest BCUT2D eigenvalue weighted by atomic mass is 9.74. The minimum atomic E-state index is -0.288. The van der Waals surface area contributed by atoms with Crippen molar-refractivity contribution < 1.29 is 13.9 Å². The van der Waals surface area contributed by atoms with E-state index in [4.69, 9.17) is 32.4 Å². The van der Waals surface area contributed by atoms with Crippen molar-refractivity contribution in [3.8, 4) is 11.5 Å². The average molecular weight is 459 g/mol. The minimum absolute atomic E-state index is 0.105. The van der Waals surface area contributed by atoms with E-state index in [-0.39, 0.29) is 17.7 Å². The summed E-state index contributed by atoms with van der Waals surface area (Å²) in [7, 11) is 0. The van der Waals surface area contributed by atoms with Gasteiger partial charge in [-0.1, -0.05) is 47.5 Å². The van der Waals surface area contributed by atoms with E-state index in [1.165, 1.54) is 0 Å². The first kappa shape index (κ1) is 21.9. The fourth-order valence-electron chi connectivity index (χ4n) is 4.00. The molecule has 0 spiro atoms. The highest BCUT2D eigenvalue weighted by atomic mass is 35.5. The van der Waals surface area contributed by atoms with Gasteiger partial charge in [-0.05, 0) is 49.6 Å². The van der Waals surface area contributed by atoms with Crippen molar-refractivity contribution in [2.75, 3.05) is 19.8 Å². The highest BCUT2D eigenvalue weighted by molar-refractivity contribution is 6.35. The molecule has 1 N–H and O–H groups in total. The molecule has 1 aliphatic rings. The number of aromatic nitrogens is 1. The largest absolute Gasteiger partial charge is 0.441 e. The van der Waals surface area contributed by atoms with Crippen LogP contribution in [0.5, 0.6) is 0 Å². The van der Waals surface area contributed by atoms with E-state index >= 15 is 0 Å². The van der Waals surface area contributed by atoms with Crippen LogP contribution < -0.4 is 5.32 Å². The predicted octanol–water partition coefficient (Wildman–Crippen LogP) is 5.36. The Balaban J connectivity index is 1.47. The third kappa shape index (κ3) is 4.95. The van der Waals surface area contributed by atoms with Crippen LogP contribution in [0.1, 0.15) is 29.9 Å². The normalized spacial score (nSPS) is 15.6. The molecule has 0 atom stereocenters. The summed E-state index contributed by atoms with van der Waals surface area (Å²) in [5.41, 5.74) is 2.23. The molecule has 2 heterocycles. The number of oxazole rings is 1. The third-order valence-corrected chi connectivity index (χ3v) is 6.37. The highest BCUT2D eigenvalue weighted by Gasteiger charge is 2.36. The lowest BCUT2D eigenvalue weighted by molar-refractivity contribution is -0.121. The second-order valence-electron chi connectivity index (χ2n) is 7.86. The van der Waals surface area contributed by atoms with Gasteiger partial charge in [-0.25, -0.2) is 4.98 Å². The van der Waals surface area contributed by atoms with Crippen LogP contribution in [0.25, 0.3) is 11.5 Å². The van der Waals surface area contributed by atoms with Crippen molar-refractivity contribution in [3.63, 3.8) is 0 Å². The second kappa shape index (κ2) is 9.43. The number of rotatable bonds is 6. The van der Waals surface area contributed by atoms with Crippen LogP contribution in [0.2, 0.25) is 10.0 Å². The van der Waals surface area contributed by atoms with Gasteiger partial charge in [-0.15, -0.1) is 0 Å².